The Morgan fingerprint density at radius 2 is 1.73 bits per heavy atom. The molecule has 0 aliphatic carbocycles. The Kier molecular flexibility index (Phi) is 4.13. The molecule has 1 radical (unpaired) electrons. The normalized spacial score (nSPS) is 13.1. The Bertz CT molecular complexity index is 92.6. The average Bonchev–Trinajstić information content (AvgIpc) is 1.87. The van der Waals surface area contributed by atoms with E-state index < -0.39 is 0 Å². The number of hydrogen-bond acceptors (Lipinski definition) is 0. The van der Waals surface area contributed by atoms with E-state index in [0.29, 0.717) is 5.41 Å². The van der Waals surface area contributed by atoms with E-state index in [-0.39, 0.29) is 0 Å². The maximum Gasteiger partial charge on any atom is -0.0241 e. The van der Waals surface area contributed by atoms with Gasteiger partial charge in [-0.15, -0.1) is 0 Å². The Morgan fingerprint density at radius 3 is 1.82 bits per heavy atom. The summed E-state index contributed by atoms with van der Waals surface area (Å²) in [5.41, 5.74) is 0.467. The van der Waals surface area contributed by atoms with Gasteiger partial charge < -0.3 is 0 Å². The third-order valence-electron chi connectivity index (χ3n) is 3.19. The van der Waals surface area contributed by atoms with E-state index in [1.807, 2.05) is 0 Å². The van der Waals surface area contributed by atoms with Crippen molar-refractivity contribution in [1.82, 2.24) is 0 Å². The summed E-state index contributed by atoms with van der Waals surface area (Å²) in [6.45, 7) is 13.8. The predicted molar refractivity (Wildman–Crippen MR) is 52.4 cm³/mol. The zero-order valence-corrected chi connectivity index (χ0v) is 8.99. The molecule has 0 aliphatic heterocycles. The highest BCUT2D eigenvalue weighted by molar-refractivity contribution is 4.99. The SMILES string of the molecule is CCCC(C)([C](C)C)C(C)C. The van der Waals surface area contributed by atoms with Crippen LogP contribution in [0.15, 0.2) is 0 Å². The molecule has 0 aromatic carbocycles. The van der Waals surface area contributed by atoms with E-state index in [4.69, 9.17) is 0 Å². The van der Waals surface area contributed by atoms with Crippen LogP contribution in [0.2, 0.25) is 0 Å². The van der Waals surface area contributed by atoms with Crippen molar-refractivity contribution in [3.8, 4) is 0 Å². The first-order valence-corrected chi connectivity index (χ1v) is 4.75. The molecular formula is C11H23. The molecular weight excluding hydrogens is 132 g/mol. The van der Waals surface area contributed by atoms with Gasteiger partial charge in [-0.1, -0.05) is 48.0 Å². The summed E-state index contributed by atoms with van der Waals surface area (Å²) in [4.78, 5) is 0. The van der Waals surface area contributed by atoms with Crippen LogP contribution in [0.5, 0.6) is 0 Å². The minimum absolute atomic E-state index is 0.467. The van der Waals surface area contributed by atoms with Gasteiger partial charge in [-0.2, -0.15) is 0 Å². The van der Waals surface area contributed by atoms with Crippen LogP contribution >= 0.6 is 0 Å². The van der Waals surface area contributed by atoms with Gasteiger partial charge in [0.2, 0.25) is 0 Å². The van der Waals surface area contributed by atoms with Crippen LogP contribution in [0.3, 0.4) is 0 Å². The molecule has 0 nitrogen and oxygen atoms in total. The van der Waals surface area contributed by atoms with Crippen LogP contribution in [-0.4, -0.2) is 0 Å². The van der Waals surface area contributed by atoms with Gasteiger partial charge in [0.1, 0.15) is 0 Å². The summed E-state index contributed by atoms with van der Waals surface area (Å²) in [5, 5.41) is 0. The molecule has 0 rings (SSSR count). The van der Waals surface area contributed by atoms with E-state index in [9.17, 15) is 0 Å². The zero-order valence-electron chi connectivity index (χ0n) is 8.99. The van der Waals surface area contributed by atoms with Crippen molar-refractivity contribution in [2.75, 3.05) is 0 Å². The smallest absolute Gasteiger partial charge is 0.0241 e. The zero-order chi connectivity index (χ0) is 9.07. The first kappa shape index (κ1) is 11.0. The summed E-state index contributed by atoms with van der Waals surface area (Å²) in [6.07, 6.45) is 2.62. The second kappa shape index (κ2) is 4.13. The molecule has 0 saturated carbocycles. The lowest BCUT2D eigenvalue weighted by molar-refractivity contribution is 0.216. The fourth-order valence-corrected chi connectivity index (χ4v) is 1.64. The van der Waals surface area contributed by atoms with Crippen LogP contribution in [0.1, 0.15) is 54.4 Å². The highest BCUT2D eigenvalue weighted by Crippen LogP contribution is 2.40. The van der Waals surface area contributed by atoms with Gasteiger partial charge in [-0.25, -0.2) is 0 Å². The van der Waals surface area contributed by atoms with Crippen molar-refractivity contribution >= 4 is 0 Å². The standard InChI is InChI=1S/C11H23/c1-7-8-11(6,9(2)3)10(4)5/h9H,7-8H2,1-6H3. The molecule has 0 amide bonds. The molecule has 0 N–H and O–H groups in total. The molecule has 0 bridgehead atoms. The molecule has 0 spiro atoms. The van der Waals surface area contributed by atoms with Crippen molar-refractivity contribution in [3.63, 3.8) is 0 Å². The lowest BCUT2D eigenvalue weighted by Crippen LogP contribution is -2.27. The van der Waals surface area contributed by atoms with Gasteiger partial charge in [0.05, 0.1) is 0 Å². The van der Waals surface area contributed by atoms with E-state index in [0.717, 1.165) is 5.92 Å². The Hall–Kier alpha value is 0. The third-order valence-corrected chi connectivity index (χ3v) is 3.19. The van der Waals surface area contributed by atoms with Crippen LogP contribution in [0.25, 0.3) is 0 Å². The summed E-state index contributed by atoms with van der Waals surface area (Å²) < 4.78 is 0. The molecule has 1 atom stereocenters. The van der Waals surface area contributed by atoms with Gasteiger partial charge >= 0.3 is 0 Å². The lowest BCUT2D eigenvalue weighted by atomic mass is 9.68. The quantitative estimate of drug-likeness (QED) is 0.574. The molecule has 67 valence electrons. The summed E-state index contributed by atoms with van der Waals surface area (Å²) >= 11 is 0. The number of rotatable bonds is 4. The molecule has 0 aliphatic rings. The Labute approximate surface area is 72.4 Å². The molecule has 0 saturated heterocycles. The van der Waals surface area contributed by atoms with Gasteiger partial charge in [0.25, 0.3) is 0 Å². The molecule has 0 heterocycles. The first-order chi connectivity index (χ1) is 4.95. The van der Waals surface area contributed by atoms with Crippen molar-refractivity contribution in [1.29, 1.82) is 0 Å². The van der Waals surface area contributed by atoms with Crippen molar-refractivity contribution < 1.29 is 0 Å². The summed E-state index contributed by atoms with van der Waals surface area (Å²) in [5.74, 6) is 2.35. The van der Waals surface area contributed by atoms with Gasteiger partial charge in [0, 0.05) is 0 Å². The maximum atomic E-state index is 2.39. The molecule has 0 fully saturated rings. The largest absolute Gasteiger partial charge is 0.0654 e. The van der Waals surface area contributed by atoms with Crippen molar-refractivity contribution in [2.24, 2.45) is 11.3 Å². The first-order valence-electron chi connectivity index (χ1n) is 4.75. The lowest BCUT2D eigenvalue weighted by Gasteiger charge is -2.37. The highest BCUT2D eigenvalue weighted by Gasteiger charge is 2.30. The van der Waals surface area contributed by atoms with Crippen LogP contribution in [0, 0.1) is 17.3 Å². The summed E-state index contributed by atoms with van der Waals surface area (Å²) in [6, 6.07) is 0. The fraction of sp³-hybridized carbons (Fsp3) is 0.909. The van der Waals surface area contributed by atoms with Gasteiger partial charge in [-0.3, -0.25) is 0 Å². The average molecular weight is 155 g/mol. The number of hydrogen-bond donors (Lipinski definition) is 0. The van der Waals surface area contributed by atoms with Crippen LogP contribution < -0.4 is 0 Å². The highest BCUT2D eigenvalue weighted by atomic mass is 14.4. The predicted octanol–water partition coefficient (Wildman–Crippen LogP) is 4.06. The van der Waals surface area contributed by atoms with Gasteiger partial charge in [-0.05, 0) is 23.7 Å². The molecule has 11 heavy (non-hydrogen) atoms. The molecule has 0 aromatic rings. The third kappa shape index (κ3) is 2.50. The van der Waals surface area contributed by atoms with Gasteiger partial charge in [0.15, 0.2) is 0 Å². The van der Waals surface area contributed by atoms with E-state index in [1.165, 1.54) is 12.8 Å². The van der Waals surface area contributed by atoms with Crippen molar-refractivity contribution in [3.05, 3.63) is 5.92 Å². The van der Waals surface area contributed by atoms with E-state index in [2.05, 4.69) is 41.5 Å². The second-order valence-corrected chi connectivity index (χ2v) is 4.32. The Morgan fingerprint density at radius 1 is 1.27 bits per heavy atom. The van der Waals surface area contributed by atoms with Crippen LogP contribution in [0.4, 0.5) is 0 Å². The minimum Gasteiger partial charge on any atom is -0.0654 e. The van der Waals surface area contributed by atoms with E-state index in [1.54, 1.807) is 5.92 Å². The topological polar surface area (TPSA) is 0 Å². The second-order valence-electron chi connectivity index (χ2n) is 4.32. The monoisotopic (exact) mass is 155 g/mol. The maximum absolute atomic E-state index is 2.39. The molecule has 1 unspecified atom stereocenters. The van der Waals surface area contributed by atoms with E-state index >= 15 is 0 Å². The van der Waals surface area contributed by atoms with Crippen LogP contribution in [-0.2, 0) is 0 Å². The fourth-order valence-electron chi connectivity index (χ4n) is 1.64. The molecule has 0 heteroatoms. The Balaban J connectivity index is 4.26. The minimum atomic E-state index is 0.467. The molecule has 0 aromatic heterocycles. The summed E-state index contributed by atoms with van der Waals surface area (Å²) in [7, 11) is 0. The van der Waals surface area contributed by atoms with Crippen molar-refractivity contribution in [2.45, 2.75) is 54.4 Å².